The van der Waals surface area contributed by atoms with Crippen LogP contribution >= 0.6 is 0 Å². The minimum atomic E-state index is -3.74. The monoisotopic (exact) mass is 1020 g/mol. The second-order valence-electron chi connectivity index (χ2n) is 20.8. The highest BCUT2D eigenvalue weighted by Crippen LogP contribution is 2.37. The van der Waals surface area contributed by atoms with Crippen LogP contribution in [-0.2, 0) is 62.4 Å². The number of aliphatic hydroxyl groups is 2. The Labute approximate surface area is 422 Å². The van der Waals surface area contributed by atoms with Crippen molar-refractivity contribution < 1.29 is 71.0 Å². The average Bonchev–Trinajstić information content (AvgIpc) is 3.30. The van der Waals surface area contributed by atoms with Gasteiger partial charge in [-0.1, -0.05) is 69.7 Å². The molecule has 0 aromatic carbocycles. The Balaban J connectivity index is 1.64. The lowest BCUT2D eigenvalue weighted by Gasteiger charge is -2.42. The molecule has 402 valence electrons. The molecule has 14 atom stereocenters. The molecule has 3 fully saturated rings. The highest BCUT2D eigenvalue weighted by Gasteiger charge is 2.52. The van der Waals surface area contributed by atoms with Gasteiger partial charge in [0.2, 0.25) is 15.8 Å². The minimum Gasteiger partial charge on any atom is -0.460 e. The van der Waals surface area contributed by atoms with Gasteiger partial charge in [0.1, 0.15) is 30.1 Å². The predicted octanol–water partition coefficient (Wildman–Crippen LogP) is 5.36. The molecule has 18 heteroatoms. The molecule has 0 aromatic rings. The first-order chi connectivity index (χ1) is 33.4. The van der Waals surface area contributed by atoms with E-state index in [1.54, 1.807) is 72.1 Å². The molecule has 71 heavy (non-hydrogen) atoms. The van der Waals surface area contributed by atoms with Crippen LogP contribution in [0.5, 0.6) is 0 Å². The fourth-order valence-electron chi connectivity index (χ4n) is 9.90. The van der Waals surface area contributed by atoms with Gasteiger partial charge in [0.25, 0.3) is 11.7 Å². The number of sulfonamides is 1. The van der Waals surface area contributed by atoms with Crippen LogP contribution in [0.1, 0.15) is 119 Å². The minimum absolute atomic E-state index is 0.0289. The Morgan fingerprint density at radius 3 is 2.24 bits per heavy atom. The van der Waals surface area contributed by atoms with E-state index in [1.165, 1.54) is 21.1 Å². The summed E-state index contributed by atoms with van der Waals surface area (Å²) in [4.78, 5) is 70.8. The molecule has 2 bridgehead atoms. The van der Waals surface area contributed by atoms with E-state index in [-0.39, 0.29) is 54.9 Å². The topological polar surface area (TPSA) is 231 Å². The van der Waals surface area contributed by atoms with E-state index in [9.17, 15) is 42.6 Å². The van der Waals surface area contributed by atoms with E-state index in [4.69, 9.17) is 28.4 Å². The average molecular weight is 1020 g/mol. The van der Waals surface area contributed by atoms with Gasteiger partial charge < -0.3 is 43.5 Å². The van der Waals surface area contributed by atoms with Crippen LogP contribution in [0.3, 0.4) is 0 Å². The van der Waals surface area contributed by atoms with Crippen molar-refractivity contribution in [2.45, 2.75) is 174 Å². The maximum Gasteiger partial charge on any atom is 0.328 e. The maximum absolute atomic E-state index is 14.1. The van der Waals surface area contributed by atoms with Crippen LogP contribution in [0, 0.1) is 35.5 Å². The molecule has 2 saturated heterocycles. The largest absolute Gasteiger partial charge is 0.460 e. The van der Waals surface area contributed by atoms with Crippen molar-refractivity contribution in [3.8, 4) is 0 Å². The van der Waals surface area contributed by atoms with Crippen molar-refractivity contribution in [1.82, 2.24) is 9.62 Å². The van der Waals surface area contributed by atoms with Crippen molar-refractivity contribution in [3.05, 3.63) is 47.6 Å². The third-order valence-electron chi connectivity index (χ3n) is 15.1. The van der Waals surface area contributed by atoms with Crippen LogP contribution in [-0.4, -0.2) is 155 Å². The summed E-state index contributed by atoms with van der Waals surface area (Å²) in [5.74, 6) is -8.32. The van der Waals surface area contributed by atoms with Gasteiger partial charge in [-0.05, 0) is 102 Å². The Kier molecular flexibility index (Phi) is 23.5. The fraction of sp³-hybridized carbons (Fsp3) is 0.755. The van der Waals surface area contributed by atoms with Gasteiger partial charge in [-0.2, -0.15) is 0 Å². The van der Waals surface area contributed by atoms with E-state index in [0.29, 0.717) is 55.8 Å². The van der Waals surface area contributed by atoms with E-state index >= 15 is 0 Å². The number of rotatable bonds is 11. The normalized spacial score (nSPS) is 37.5. The number of hydrogen-bond donors (Lipinski definition) is 3. The van der Waals surface area contributed by atoms with Crippen molar-refractivity contribution in [2.75, 3.05) is 47.3 Å². The number of methoxy groups -OCH3 is 2. The zero-order chi connectivity index (χ0) is 52.8. The van der Waals surface area contributed by atoms with Gasteiger partial charge in [-0.3, -0.25) is 19.2 Å². The van der Waals surface area contributed by atoms with Crippen LogP contribution in [0.15, 0.2) is 47.6 Å². The van der Waals surface area contributed by atoms with Crippen LogP contribution in [0.25, 0.3) is 0 Å². The number of carbonyl (C=O) groups excluding carboxylic acids is 5. The molecule has 4 rings (SSSR count). The third kappa shape index (κ3) is 17.3. The molecular weight excluding hydrogens is 937 g/mol. The lowest BCUT2D eigenvalue weighted by atomic mass is 9.78. The van der Waals surface area contributed by atoms with E-state index in [1.807, 2.05) is 13.0 Å². The summed E-state index contributed by atoms with van der Waals surface area (Å²) in [6, 6.07) is -2.14. The molecule has 3 heterocycles. The molecule has 0 spiro atoms. The zero-order valence-electron chi connectivity index (χ0n) is 44.0. The van der Waals surface area contributed by atoms with Gasteiger partial charge in [0, 0.05) is 64.0 Å². The molecule has 7 unspecified atom stereocenters. The number of cyclic esters (lactones) is 1. The number of fused-ring (bicyclic) bond motifs is 2. The summed E-state index contributed by atoms with van der Waals surface area (Å²) in [5, 5.41) is 23.3. The molecule has 1 saturated carbocycles. The highest BCUT2D eigenvalue weighted by atomic mass is 32.2. The zero-order valence-corrected chi connectivity index (χ0v) is 44.8. The Morgan fingerprint density at radius 1 is 0.901 bits per heavy atom. The maximum atomic E-state index is 14.1. The number of hydrogen-bond acceptors (Lipinski definition) is 15. The Bertz CT molecular complexity index is 2050. The molecular formula is C53H84N2O15S. The van der Waals surface area contributed by atoms with Crippen molar-refractivity contribution >= 4 is 39.2 Å². The summed E-state index contributed by atoms with van der Waals surface area (Å²) >= 11 is 0. The van der Waals surface area contributed by atoms with Crippen molar-refractivity contribution in [3.63, 3.8) is 0 Å². The number of nitrogens with one attached hydrogen (secondary N) is 1. The molecule has 3 N–H and O–H groups in total. The molecule has 1 amide bonds. The van der Waals surface area contributed by atoms with Crippen molar-refractivity contribution in [2.24, 2.45) is 35.5 Å². The fourth-order valence-corrected chi connectivity index (χ4v) is 10.7. The lowest BCUT2D eigenvalue weighted by Crippen LogP contribution is -2.59. The van der Waals surface area contributed by atoms with Gasteiger partial charge in [-0.15, -0.1) is 0 Å². The lowest BCUT2D eigenvalue weighted by molar-refractivity contribution is -0.263. The number of allylic oxidation sites excluding steroid dienone is 6. The first-order valence-electron chi connectivity index (χ1n) is 25.5. The Morgan fingerprint density at radius 2 is 1.61 bits per heavy atom. The van der Waals surface area contributed by atoms with Crippen LogP contribution in [0.2, 0.25) is 0 Å². The summed E-state index contributed by atoms with van der Waals surface area (Å²) in [6.07, 6.45) is 12.2. The van der Waals surface area contributed by atoms with E-state index < -0.39 is 87.7 Å². The van der Waals surface area contributed by atoms with Gasteiger partial charge in [0.05, 0.1) is 37.8 Å². The van der Waals surface area contributed by atoms with Crippen molar-refractivity contribution in [1.29, 1.82) is 0 Å². The Hall–Kier alpha value is -3.46. The first kappa shape index (κ1) is 60.1. The first-order valence-corrected chi connectivity index (χ1v) is 27.4. The third-order valence-corrected chi connectivity index (χ3v) is 15.8. The molecule has 3 aliphatic heterocycles. The predicted molar refractivity (Wildman–Crippen MR) is 267 cm³/mol. The van der Waals surface area contributed by atoms with Gasteiger partial charge >= 0.3 is 5.97 Å². The number of ether oxygens (including phenoxy) is 6. The number of Topliss-reactive ketones (excluding diaryl/α,β-unsaturated/α-hetero) is 3. The SMILES string of the molecule is COC1C(=O)C(C)CC/C=C/C=C/C=C(\C)C(NS(C)(=O)=O)C[C@H]2CC[C@H](C)[C@](O)(O2)C(=O)C(=O)N(C)C(C)C(=O)OC([C@H](C)C[C@@H]2CC[C@@H](OCCC3COC3)[C@H](OC)C2)CC(=O)C(C)/C=C(\C)C1O. The molecule has 1 aliphatic carbocycles. The van der Waals surface area contributed by atoms with E-state index in [0.717, 1.165) is 43.6 Å². The highest BCUT2D eigenvalue weighted by molar-refractivity contribution is 7.88. The second kappa shape index (κ2) is 27.7. The second-order valence-corrected chi connectivity index (χ2v) is 22.6. The molecule has 0 radical (unpaired) electrons. The summed E-state index contributed by atoms with van der Waals surface area (Å²) in [5.41, 5.74) is 0.975. The number of likely N-dealkylation sites (N-methyl/N-ethyl adjacent to an activating group) is 1. The van der Waals surface area contributed by atoms with Crippen LogP contribution < -0.4 is 4.72 Å². The van der Waals surface area contributed by atoms with E-state index in [2.05, 4.69) is 4.72 Å². The number of aliphatic hydroxyl groups excluding tert-OH is 1. The van der Waals surface area contributed by atoms with Crippen LogP contribution in [0.4, 0.5) is 0 Å². The number of esters is 1. The van der Waals surface area contributed by atoms with Gasteiger partial charge in [0.15, 0.2) is 5.78 Å². The quantitative estimate of drug-likeness (QED) is 0.134. The summed E-state index contributed by atoms with van der Waals surface area (Å²) in [6.45, 7) is 13.8. The van der Waals surface area contributed by atoms with Gasteiger partial charge in [-0.25, -0.2) is 17.9 Å². The summed E-state index contributed by atoms with van der Waals surface area (Å²) in [7, 11) is 0.534. The number of amides is 1. The number of carbonyl (C=O) groups is 5. The number of nitrogens with zero attached hydrogens (tertiary/aromatic N) is 1. The summed E-state index contributed by atoms with van der Waals surface area (Å²) < 4.78 is 62.9. The molecule has 4 aliphatic rings. The molecule has 0 aromatic heterocycles. The molecule has 17 nitrogen and oxygen atoms in total. The number of ketones is 3. The standard InChI is InChI=1S/C53H84N2O15S/c1-32-17-15-13-12-14-16-18-33(2)47(57)49(66-10)48(58)36(5)25-34(3)43(56)29-45(35(4)26-39-20-22-44(46(27-39)65-9)68-24-23-40-30-67-31-40)69-52(61)38(7)55(8)51(60)50(59)53(62)37(6)19-21-41(70-53)28-42(32)54-71(11,63)64/h12-15,17,25,33-35,37-42,44-46,48-49,54,58,62H,16,18-24,26-31H2,1-11H3/b14-12+,15-13+,32-17+,36-25+/t33?,34?,35-,37+,38?,39+,41-,42?,44-,45?,46-,48?,49?,53+/m1/s1. The smallest absolute Gasteiger partial charge is 0.328 e.